The lowest BCUT2D eigenvalue weighted by molar-refractivity contribution is 0.554. The number of fused-ring (bicyclic) bond motifs is 7. The van der Waals surface area contributed by atoms with Gasteiger partial charge in [0.25, 0.3) is 0 Å². The van der Waals surface area contributed by atoms with Gasteiger partial charge in [-0.15, -0.1) is 6.58 Å². The molecule has 0 aliphatic heterocycles. The molecule has 11 rings (SSSR count). The van der Waals surface area contributed by atoms with Crippen LogP contribution in [0.15, 0.2) is 225 Å². The average molecular weight is 797 g/mol. The molecule has 2 heteroatoms. The summed E-state index contributed by atoms with van der Waals surface area (Å²) in [4.78, 5) is 4.78. The van der Waals surface area contributed by atoms with Crippen LogP contribution in [0.3, 0.4) is 0 Å². The Bertz CT molecular complexity index is 3030. The summed E-state index contributed by atoms with van der Waals surface area (Å²) in [6.45, 7) is 3.92. The van der Waals surface area contributed by atoms with E-state index in [4.69, 9.17) is 0 Å². The Balaban J connectivity index is 0.977. The molecule has 1 spiro atoms. The zero-order chi connectivity index (χ0) is 41.5. The maximum atomic E-state index is 3.92. The molecule has 1 saturated carbocycles. The monoisotopic (exact) mass is 796 g/mol. The van der Waals surface area contributed by atoms with E-state index in [-0.39, 0.29) is 5.41 Å². The van der Waals surface area contributed by atoms with Gasteiger partial charge in [0, 0.05) is 39.5 Å². The third-order valence-electron chi connectivity index (χ3n) is 13.3. The Hall–Kier alpha value is -7.42. The van der Waals surface area contributed by atoms with Crippen LogP contribution < -0.4 is 9.80 Å². The van der Waals surface area contributed by atoms with E-state index in [2.05, 4.69) is 229 Å². The molecule has 62 heavy (non-hydrogen) atoms. The average Bonchev–Trinajstić information content (AvgIpc) is 3.94. The maximum Gasteiger partial charge on any atom is 0.0467 e. The molecule has 0 atom stereocenters. The second-order valence-corrected chi connectivity index (χ2v) is 16.9. The van der Waals surface area contributed by atoms with Crippen molar-refractivity contribution >= 4 is 44.9 Å². The first-order chi connectivity index (χ1) is 30.7. The van der Waals surface area contributed by atoms with Crippen LogP contribution in [0, 0.1) is 0 Å². The lowest BCUT2D eigenvalue weighted by Gasteiger charge is -2.30. The molecule has 0 aromatic heterocycles. The normalized spacial score (nSPS) is 13.5. The minimum absolute atomic E-state index is 0.0279. The van der Waals surface area contributed by atoms with Crippen molar-refractivity contribution in [3.8, 4) is 33.4 Å². The highest BCUT2D eigenvalue weighted by Crippen LogP contribution is 2.59. The van der Waals surface area contributed by atoms with Crippen molar-refractivity contribution in [1.29, 1.82) is 0 Å². The van der Waals surface area contributed by atoms with E-state index >= 15 is 0 Å². The molecule has 2 aliphatic rings. The summed E-state index contributed by atoms with van der Waals surface area (Å²) in [5.41, 5.74) is 18.7. The van der Waals surface area contributed by atoms with Crippen LogP contribution in [0.25, 0.3) is 44.2 Å². The van der Waals surface area contributed by atoms with Crippen molar-refractivity contribution in [3.63, 3.8) is 0 Å². The van der Waals surface area contributed by atoms with Crippen molar-refractivity contribution in [2.24, 2.45) is 0 Å². The van der Waals surface area contributed by atoms with Gasteiger partial charge in [-0.2, -0.15) is 0 Å². The van der Waals surface area contributed by atoms with Crippen molar-refractivity contribution in [2.45, 2.75) is 37.5 Å². The fraction of sp³-hybridized carbons (Fsp3) is 0.100. The number of allylic oxidation sites excluding steroid dienone is 1. The number of nitrogens with zero attached hydrogens (tertiary/aromatic N) is 2. The van der Waals surface area contributed by atoms with Crippen LogP contribution in [0.5, 0.6) is 0 Å². The van der Waals surface area contributed by atoms with Crippen LogP contribution in [0.4, 0.5) is 34.1 Å². The molecule has 2 aliphatic carbocycles. The van der Waals surface area contributed by atoms with E-state index in [9.17, 15) is 0 Å². The SMILES string of the molecule is C=CCc1ccc(N(c2ccccc2)c2ccc(-c3ccc(N(c4cccc(-c5ccccc5)c4)c4ccc5c(c4)C4(CCCC4)c4c-5ccc5ccccc45)cc3)cc2)cc1. The summed E-state index contributed by atoms with van der Waals surface area (Å²) in [5, 5.41) is 2.74. The molecule has 0 bridgehead atoms. The largest absolute Gasteiger partial charge is 0.311 e. The summed E-state index contributed by atoms with van der Waals surface area (Å²) >= 11 is 0. The third kappa shape index (κ3) is 6.60. The van der Waals surface area contributed by atoms with Gasteiger partial charge >= 0.3 is 0 Å². The molecule has 0 heterocycles. The molecular weight excluding hydrogens is 749 g/mol. The Morgan fingerprint density at radius 1 is 0.419 bits per heavy atom. The van der Waals surface area contributed by atoms with E-state index in [0.717, 1.165) is 34.9 Å². The standard InChI is InChI=1S/C60H48N2/c1-2-14-43-23-30-50(31-24-43)61(49-19-7-4-8-20-49)51-32-25-45(26-33-51)46-27-34-52(35-28-46)62(53-21-13-18-48(41-53)44-15-5-3-6-16-44)54-36-38-56-57-37-29-47-17-9-10-22-55(47)59(57)60(58(56)42-54)39-11-12-40-60/h2-10,13,15-38,41-42H,1,11-12,14,39-40H2. The van der Waals surface area contributed by atoms with Crippen molar-refractivity contribution < 1.29 is 0 Å². The molecule has 1 fully saturated rings. The molecular formula is C60H48N2. The second kappa shape index (κ2) is 15.9. The Morgan fingerprint density at radius 2 is 0.919 bits per heavy atom. The van der Waals surface area contributed by atoms with Gasteiger partial charge in [-0.1, -0.05) is 158 Å². The Morgan fingerprint density at radius 3 is 1.60 bits per heavy atom. The van der Waals surface area contributed by atoms with Gasteiger partial charge in [-0.05, 0) is 153 Å². The number of hydrogen-bond donors (Lipinski definition) is 0. The van der Waals surface area contributed by atoms with Crippen molar-refractivity contribution in [3.05, 3.63) is 242 Å². The highest BCUT2D eigenvalue weighted by molar-refractivity contribution is 5.98. The smallest absolute Gasteiger partial charge is 0.0467 e. The van der Waals surface area contributed by atoms with Crippen LogP contribution in [-0.4, -0.2) is 0 Å². The molecule has 9 aromatic carbocycles. The summed E-state index contributed by atoms with van der Waals surface area (Å²) in [5.74, 6) is 0. The first kappa shape index (κ1) is 37.6. The van der Waals surface area contributed by atoms with Gasteiger partial charge in [0.15, 0.2) is 0 Å². The summed E-state index contributed by atoms with van der Waals surface area (Å²) in [6, 6.07) is 78.2. The van der Waals surface area contributed by atoms with Gasteiger partial charge in [-0.25, -0.2) is 0 Å². The number of hydrogen-bond acceptors (Lipinski definition) is 2. The summed E-state index contributed by atoms with van der Waals surface area (Å²) < 4.78 is 0. The van der Waals surface area contributed by atoms with Gasteiger partial charge in [0.05, 0.1) is 0 Å². The molecule has 0 N–H and O–H groups in total. The number of anilines is 6. The van der Waals surface area contributed by atoms with E-state index in [0.29, 0.717) is 0 Å². The van der Waals surface area contributed by atoms with Crippen LogP contribution in [-0.2, 0) is 11.8 Å². The van der Waals surface area contributed by atoms with E-state index in [1.54, 1.807) is 5.56 Å². The van der Waals surface area contributed by atoms with E-state index in [1.165, 1.54) is 86.7 Å². The Labute approximate surface area is 365 Å². The molecule has 0 saturated heterocycles. The fourth-order valence-electron chi connectivity index (χ4n) is 10.4. The first-order valence-corrected chi connectivity index (χ1v) is 22.1. The second-order valence-electron chi connectivity index (χ2n) is 16.9. The molecule has 0 radical (unpaired) electrons. The molecule has 2 nitrogen and oxygen atoms in total. The first-order valence-electron chi connectivity index (χ1n) is 22.1. The fourth-order valence-corrected chi connectivity index (χ4v) is 10.4. The van der Waals surface area contributed by atoms with Gasteiger partial charge in [0.2, 0.25) is 0 Å². The van der Waals surface area contributed by atoms with Gasteiger partial charge in [-0.3, -0.25) is 0 Å². The highest BCUT2D eigenvalue weighted by atomic mass is 15.1. The number of rotatable bonds is 10. The minimum Gasteiger partial charge on any atom is -0.311 e. The predicted octanol–water partition coefficient (Wildman–Crippen LogP) is 16.7. The van der Waals surface area contributed by atoms with Crippen LogP contribution in [0.2, 0.25) is 0 Å². The summed E-state index contributed by atoms with van der Waals surface area (Å²) in [6.07, 6.45) is 7.70. The molecule has 0 unspecified atom stereocenters. The quantitative estimate of drug-likeness (QED) is 0.127. The van der Waals surface area contributed by atoms with Crippen molar-refractivity contribution in [2.75, 3.05) is 9.80 Å². The Kier molecular flexibility index (Phi) is 9.62. The van der Waals surface area contributed by atoms with Gasteiger partial charge in [0.1, 0.15) is 0 Å². The van der Waals surface area contributed by atoms with Gasteiger partial charge < -0.3 is 9.80 Å². The minimum atomic E-state index is 0.0279. The summed E-state index contributed by atoms with van der Waals surface area (Å²) in [7, 11) is 0. The highest BCUT2D eigenvalue weighted by Gasteiger charge is 2.46. The molecule has 298 valence electrons. The van der Waals surface area contributed by atoms with Crippen molar-refractivity contribution in [1.82, 2.24) is 0 Å². The van der Waals surface area contributed by atoms with Crippen LogP contribution in [0.1, 0.15) is 42.4 Å². The lowest BCUT2D eigenvalue weighted by atomic mass is 9.75. The number of para-hydroxylation sites is 1. The maximum absolute atomic E-state index is 3.92. The molecule has 9 aromatic rings. The topological polar surface area (TPSA) is 6.48 Å². The zero-order valence-electron chi connectivity index (χ0n) is 34.9. The van der Waals surface area contributed by atoms with Crippen LogP contribution >= 0.6 is 0 Å². The van der Waals surface area contributed by atoms with E-state index < -0.39 is 0 Å². The number of benzene rings is 9. The predicted molar refractivity (Wildman–Crippen MR) is 263 cm³/mol. The zero-order valence-corrected chi connectivity index (χ0v) is 34.9. The molecule has 0 amide bonds. The van der Waals surface area contributed by atoms with E-state index in [1.807, 2.05) is 6.08 Å². The third-order valence-corrected chi connectivity index (χ3v) is 13.3. The lowest BCUT2D eigenvalue weighted by Crippen LogP contribution is -2.21.